The molecule has 1 fully saturated rings. The first-order chi connectivity index (χ1) is 8.41. The van der Waals surface area contributed by atoms with Crippen LogP contribution < -0.4 is 5.73 Å². The standard InChI is InChI=1S/C14H18F3N/c1-9-5-4-7-10(9)13(18)11-6-2-3-8-12(11)14(15,16)17/h2-3,6,8-10,13H,4-5,7,18H2,1H3. The van der Waals surface area contributed by atoms with Gasteiger partial charge in [-0.2, -0.15) is 13.2 Å². The van der Waals surface area contributed by atoms with Gasteiger partial charge in [0.15, 0.2) is 0 Å². The quantitative estimate of drug-likeness (QED) is 0.846. The van der Waals surface area contributed by atoms with Crippen molar-refractivity contribution in [2.24, 2.45) is 17.6 Å². The van der Waals surface area contributed by atoms with Crippen molar-refractivity contribution in [2.45, 2.75) is 38.4 Å². The van der Waals surface area contributed by atoms with Crippen molar-refractivity contribution in [1.29, 1.82) is 0 Å². The normalized spacial score (nSPS) is 26.3. The van der Waals surface area contributed by atoms with Crippen LogP contribution in [0.25, 0.3) is 0 Å². The van der Waals surface area contributed by atoms with Crippen LogP contribution in [0.5, 0.6) is 0 Å². The summed E-state index contributed by atoms with van der Waals surface area (Å²) in [4.78, 5) is 0. The number of hydrogen-bond acceptors (Lipinski definition) is 1. The van der Waals surface area contributed by atoms with E-state index in [2.05, 4.69) is 6.92 Å². The molecule has 2 rings (SSSR count). The van der Waals surface area contributed by atoms with E-state index in [1.807, 2.05) is 0 Å². The molecule has 18 heavy (non-hydrogen) atoms. The van der Waals surface area contributed by atoms with Gasteiger partial charge in [-0.25, -0.2) is 0 Å². The van der Waals surface area contributed by atoms with Gasteiger partial charge in [0.1, 0.15) is 0 Å². The van der Waals surface area contributed by atoms with Crippen molar-refractivity contribution < 1.29 is 13.2 Å². The zero-order valence-corrected chi connectivity index (χ0v) is 10.4. The smallest absolute Gasteiger partial charge is 0.324 e. The summed E-state index contributed by atoms with van der Waals surface area (Å²) >= 11 is 0. The molecule has 0 amide bonds. The van der Waals surface area contributed by atoms with Gasteiger partial charge in [0.25, 0.3) is 0 Å². The van der Waals surface area contributed by atoms with Gasteiger partial charge in [-0.1, -0.05) is 38.0 Å². The molecule has 0 spiro atoms. The van der Waals surface area contributed by atoms with E-state index in [0.717, 1.165) is 25.3 Å². The Bertz CT molecular complexity index is 414. The highest BCUT2D eigenvalue weighted by molar-refractivity contribution is 5.32. The Hall–Kier alpha value is -1.03. The summed E-state index contributed by atoms with van der Waals surface area (Å²) < 4.78 is 38.8. The molecule has 2 N–H and O–H groups in total. The maximum absolute atomic E-state index is 12.9. The molecule has 4 heteroatoms. The highest BCUT2D eigenvalue weighted by Crippen LogP contribution is 2.42. The zero-order chi connectivity index (χ0) is 13.3. The van der Waals surface area contributed by atoms with Gasteiger partial charge < -0.3 is 5.73 Å². The molecule has 0 saturated heterocycles. The molecule has 100 valence electrons. The maximum Gasteiger partial charge on any atom is 0.416 e. The number of benzene rings is 1. The molecular formula is C14H18F3N. The Morgan fingerprint density at radius 2 is 1.89 bits per heavy atom. The second-order valence-corrected chi connectivity index (χ2v) is 5.18. The summed E-state index contributed by atoms with van der Waals surface area (Å²) in [5.74, 6) is 0.565. The number of halogens is 3. The molecule has 0 aliphatic heterocycles. The van der Waals surface area contributed by atoms with E-state index in [1.54, 1.807) is 6.07 Å². The van der Waals surface area contributed by atoms with Gasteiger partial charge in [0.05, 0.1) is 5.56 Å². The van der Waals surface area contributed by atoms with Crippen LogP contribution in [-0.2, 0) is 6.18 Å². The van der Waals surface area contributed by atoms with E-state index in [1.165, 1.54) is 12.1 Å². The third-order valence-corrected chi connectivity index (χ3v) is 4.01. The number of hydrogen-bond donors (Lipinski definition) is 1. The van der Waals surface area contributed by atoms with E-state index in [0.29, 0.717) is 5.92 Å². The molecule has 3 unspecified atom stereocenters. The molecular weight excluding hydrogens is 239 g/mol. The molecule has 3 atom stereocenters. The van der Waals surface area contributed by atoms with Crippen LogP contribution in [-0.4, -0.2) is 0 Å². The molecule has 1 nitrogen and oxygen atoms in total. The molecule has 1 aromatic carbocycles. The van der Waals surface area contributed by atoms with Crippen molar-refractivity contribution in [3.05, 3.63) is 35.4 Å². The molecule has 1 saturated carbocycles. The fourth-order valence-corrected chi connectivity index (χ4v) is 2.98. The van der Waals surface area contributed by atoms with Crippen LogP contribution in [0, 0.1) is 11.8 Å². The van der Waals surface area contributed by atoms with E-state index < -0.39 is 17.8 Å². The predicted octanol–water partition coefficient (Wildman–Crippen LogP) is 4.14. The molecule has 1 aromatic rings. The van der Waals surface area contributed by atoms with Gasteiger partial charge in [-0.3, -0.25) is 0 Å². The van der Waals surface area contributed by atoms with E-state index in [4.69, 9.17) is 5.73 Å². The minimum atomic E-state index is -4.32. The second kappa shape index (κ2) is 4.92. The van der Waals surface area contributed by atoms with Crippen LogP contribution in [0.1, 0.15) is 43.4 Å². The van der Waals surface area contributed by atoms with Gasteiger partial charge in [0, 0.05) is 6.04 Å². The molecule has 0 radical (unpaired) electrons. The van der Waals surface area contributed by atoms with Crippen molar-refractivity contribution >= 4 is 0 Å². The van der Waals surface area contributed by atoms with Crippen molar-refractivity contribution in [2.75, 3.05) is 0 Å². The van der Waals surface area contributed by atoms with E-state index in [9.17, 15) is 13.2 Å². The fraction of sp³-hybridized carbons (Fsp3) is 0.571. The first kappa shape index (κ1) is 13.4. The van der Waals surface area contributed by atoms with Crippen LogP contribution in [0.3, 0.4) is 0 Å². The number of rotatable bonds is 2. The third kappa shape index (κ3) is 2.53. The summed E-state index contributed by atoms with van der Waals surface area (Å²) in [5, 5.41) is 0. The van der Waals surface area contributed by atoms with Gasteiger partial charge in [-0.05, 0) is 29.9 Å². The van der Waals surface area contributed by atoms with Crippen LogP contribution >= 0.6 is 0 Å². The fourth-order valence-electron chi connectivity index (χ4n) is 2.98. The summed E-state index contributed by atoms with van der Waals surface area (Å²) in [5.41, 5.74) is 5.74. The highest BCUT2D eigenvalue weighted by Gasteiger charge is 2.37. The SMILES string of the molecule is CC1CCCC1C(N)c1ccccc1C(F)(F)F. The molecule has 1 aliphatic rings. The van der Waals surface area contributed by atoms with Crippen molar-refractivity contribution in [3.8, 4) is 0 Å². The van der Waals surface area contributed by atoms with Crippen LogP contribution in [0.15, 0.2) is 24.3 Å². The third-order valence-electron chi connectivity index (χ3n) is 4.01. The lowest BCUT2D eigenvalue weighted by atomic mass is 9.84. The minimum absolute atomic E-state index is 0.161. The van der Waals surface area contributed by atoms with Crippen molar-refractivity contribution in [3.63, 3.8) is 0 Å². The highest BCUT2D eigenvalue weighted by atomic mass is 19.4. The first-order valence-corrected chi connectivity index (χ1v) is 6.33. The molecule has 0 bridgehead atoms. The molecule has 1 aliphatic carbocycles. The van der Waals surface area contributed by atoms with Crippen molar-refractivity contribution in [1.82, 2.24) is 0 Å². The van der Waals surface area contributed by atoms with Crippen LogP contribution in [0.2, 0.25) is 0 Å². The largest absolute Gasteiger partial charge is 0.416 e. The Morgan fingerprint density at radius 3 is 2.44 bits per heavy atom. The lowest BCUT2D eigenvalue weighted by Crippen LogP contribution is -2.26. The Morgan fingerprint density at radius 1 is 1.22 bits per heavy atom. The lowest BCUT2D eigenvalue weighted by molar-refractivity contribution is -0.138. The molecule has 0 aromatic heterocycles. The Kier molecular flexibility index (Phi) is 3.66. The molecule has 0 heterocycles. The summed E-state index contributed by atoms with van der Waals surface area (Å²) in [7, 11) is 0. The first-order valence-electron chi connectivity index (χ1n) is 6.33. The van der Waals surface area contributed by atoms with Gasteiger partial charge in [-0.15, -0.1) is 0 Å². The Labute approximate surface area is 105 Å². The summed E-state index contributed by atoms with van der Waals surface area (Å²) in [6, 6.07) is 5.16. The summed E-state index contributed by atoms with van der Waals surface area (Å²) in [6.45, 7) is 2.08. The summed E-state index contributed by atoms with van der Waals surface area (Å²) in [6.07, 6.45) is -1.27. The lowest BCUT2D eigenvalue weighted by Gasteiger charge is -2.26. The van der Waals surface area contributed by atoms with Crippen LogP contribution in [0.4, 0.5) is 13.2 Å². The van der Waals surface area contributed by atoms with Gasteiger partial charge >= 0.3 is 6.18 Å². The topological polar surface area (TPSA) is 26.0 Å². The van der Waals surface area contributed by atoms with Gasteiger partial charge in [0.2, 0.25) is 0 Å². The maximum atomic E-state index is 12.9. The van der Waals surface area contributed by atoms with E-state index in [-0.39, 0.29) is 11.5 Å². The Balaban J connectivity index is 2.33. The number of alkyl halides is 3. The second-order valence-electron chi connectivity index (χ2n) is 5.18. The number of nitrogens with two attached hydrogens (primary N) is 1. The zero-order valence-electron chi connectivity index (χ0n) is 10.4. The average molecular weight is 257 g/mol. The predicted molar refractivity (Wildman–Crippen MR) is 64.9 cm³/mol. The minimum Gasteiger partial charge on any atom is -0.324 e. The average Bonchev–Trinajstić information content (AvgIpc) is 2.73. The monoisotopic (exact) mass is 257 g/mol. The van der Waals surface area contributed by atoms with E-state index >= 15 is 0 Å².